The fourth-order valence-corrected chi connectivity index (χ4v) is 6.01. The van der Waals surface area contributed by atoms with E-state index in [1.165, 1.54) is 5.56 Å². The molecule has 196 valence electrons. The Labute approximate surface area is 222 Å². The number of rotatable bonds is 6. The topological polar surface area (TPSA) is 39.7 Å². The summed E-state index contributed by atoms with van der Waals surface area (Å²) in [5.74, 6) is 0.861. The molecule has 4 rings (SSSR count). The number of amides is 1. The molecule has 1 amide bonds. The zero-order chi connectivity index (χ0) is 25.7. The van der Waals surface area contributed by atoms with Gasteiger partial charge in [0.1, 0.15) is 0 Å². The first-order valence-corrected chi connectivity index (χ1v) is 14.0. The van der Waals surface area contributed by atoms with Gasteiger partial charge in [-0.3, -0.25) is 14.7 Å². The van der Waals surface area contributed by atoms with Crippen LogP contribution in [-0.2, 0) is 4.79 Å². The molecular formula is C30H43ClN4O. The van der Waals surface area contributed by atoms with Crippen LogP contribution >= 0.6 is 11.6 Å². The average Bonchev–Trinajstić information content (AvgIpc) is 3.04. The van der Waals surface area contributed by atoms with Gasteiger partial charge in [0, 0.05) is 43.3 Å². The lowest BCUT2D eigenvalue weighted by molar-refractivity contribution is -0.135. The molecule has 1 unspecified atom stereocenters. The van der Waals surface area contributed by atoms with Crippen molar-refractivity contribution in [2.75, 3.05) is 39.8 Å². The van der Waals surface area contributed by atoms with Crippen LogP contribution in [0, 0.1) is 11.3 Å². The number of benzene rings is 1. The van der Waals surface area contributed by atoms with Crippen molar-refractivity contribution in [1.82, 2.24) is 19.7 Å². The second-order valence-corrected chi connectivity index (χ2v) is 12.4. The Kier molecular flexibility index (Phi) is 9.08. The SMILES string of the molecule is CN1CCC(CC(=O)N2CCN(C(c3ccc(Cl)cc3)c3ccccn3)CC[C@@H]2CC(C)(C)C)CC1. The molecule has 3 heterocycles. The van der Waals surface area contributed by atoms with E-state index in [4.69, 9.17) is 16.6 Å². The summed E-state index contributed by atoms with van der Waals surface area (Å²) in [5.41, 5.74) is 2.40. The molecular weight excluding hydrogens is 468 g/mol. The van der Waals surface area contributed by atoms with E-state index >= 15 is 0 Å². The van der Waals surface area contributed by atoms with E-state index in [2.05, 4.69) is 66.8 Å². The molecule has 0 aliphatic carbocycles. The minimum absolute atomic E-state index is 0.0442. The Bertz CT molecular complexity index is 967. The maximum Gasteiger partial charge on any atom is 0.223 e. The predicted octanol–water partition coefficient (Wildman–Crippen LogP) is 5.90. The summed E-state index contributed by atoms with van der Waals surface area (Å²) < 4.78 is 0. The van der Waals surface area contributed by atoms with Crippen LogP contribution in [0.4, 0.5) is 0 Å². The Morgan fingerprint density at radius 2 is 1.72 bits per heavy atom. The van der Waals surface area contributed by atoms with Gasteiger partial charge in [0.15, 0.2) is 0 Å². The van der Waals surface area contributed by atoms with Crippen LogP contribution in [0.15, 0.2) is 48.7 Å². The lowest BCUT2D eigenvalue weighted by atomic mass is 9.85. The predicted molar refractivity (Wildman–Crippen MR) is 148 cm³/mol. The number of halogens is 1. The van der Waals surface area contributed by atoms with Crippen LogP contribution in [0.25, 0.3) is 0 Å². The van der Waals surface area contributed by atoms with Crippen LogP contribution in [0.3, 0.4) is 0 Å². The van der Waals surface area contributed by atoms with Gasteiger partial charge in [-0.1, -0.05) is 50.6 Å². The normalized spacial score (nSPS) is 21.8. The van der Waals surface area contributed by atoms with E-state index in [9.17, 15) is 4.79 Å². The highest BCUT2D eigenvalue weighted by Crippen LogP contribution is 2.33. The van der Waals surface area contributed by atoms with E-state index in [0.29, 0.717) is 18.2 Å². The highest BCUT2D eigenvalue weighted by molar-refractivity contribution is 6.30. The molecule has 2 aliphatic heterocycles. The maximum atomic E-state index is 13.7. The first kappa shape index (κ1) is 27.1. The molecule has 1 aromatic carbocycles. The van der Waals surface area contributed by atoms with Gasteiger partial charge in [-0.15, -0.1) is 0 Å². The fraction of sp³-hybridized carbons (Fsp3) is 0.600. The zero-order valence-corrected chi connectivity index (χ0v) is 23.3. The van der Waals surface area contributed by atoms with Crippen molar-refractivity contribution in [1.29, 1.82) is 0 Å². The van der Waals surface area contributed by atoms with E-state index in [0.717, 1.165) is 69.1 Å². The second kappa shape index (κ2) is 12.1. The number of aromatic nitrogens is 1. The summed E-state index contributed by atoms with van der Waals surface area (Å²) >= 11 is 6.22. The summed E-state index contributed by atoms with van der Waals surface area (Å²) in [7, 11) is 2.18. The average molecular weight is 511 g/mol. The van der Waals surface area contributed by atoms with Gasteiger partial charge in [-0.05, 0) is 87.0 Å². The monoisotopic (exact) mass is 510 g/mol. The third-order valence-corrected chi connectivity index (χ3v) is 8.06. The number of piperidine rings is 1. The molecule has 2 aromatic rings. The quantitative estimate of drug-likeness (QED) is 0.485. The summed E-state index contributed by atoms with van der Waals surface area (Å²) in [6, 6.07) is 14.6. The largest absolute Gasteiger partial charge is 0.338 e. The highest BCUT2D eigenvalue weighted by Gasteiger charge is 2.34. The Hall–Kier alpha value is -1.95. The standard InChI is InChI=1S/C30H43ClN4O/c1-30(2,3)22-26-14-18-34(19-20-35(26)28(36)21-23-12-16-33(4)17-13-23)29(27-7-5-6-15-32-27)24-8-10-25(31)11-9-24/h5-11,15,23,26,29H,12-14,16-22H2,1-4H3/t26-,29?/m1/s1. The van der Waals surface area contributed by atoms with Crippen molar-refractivity contribution >= 4 is 17.5 Å². The number of carbonyl (C=O) groups excluding carboxylic acids is 1. The minimum Gasteiger partial charge on any atom is -0.338 e. The number of hydrogen-bond donors (Lipinski definition) is 0. The third kappa shape index (κ3) is 7.30. The molecule has 2 saturated heterocycles. The molecule has 0 radical (unpaired) electrons. The molecule has 2 aliphatic rings. The van der Waals surface area contributed by atoms with Crippen molar-refractivity contribution < 1.29 is 4.79 Å². The Morgan fingerprint density at radius 1 is 1.00 bits per heavy atom. The highest BCUT2D eigenvalue weighted by atomic mass is 35.5. The lowest BCUT2D eigenvalue weighted by Gasteiger charge is -2.36. The summed E-state index contributed by atoms with van der Waals surface area (Å²) in [5, 5.41) is 0.741. The molecule has 6 heteroatoms. The van der Waals surface area contributed by atoms with Crippen molar-refractivity contribution in [2.45, 2.75) is 65.0 Å². The third-order valence-electron chi connectivity index (χ3n) is 7.81. The Morgan fingerprint density at radius 3 is 2.36 bits per heavy atom. The van der Waals surface area contributed by atoms with Crippen LogP contribution in [0.1, 0.15) is 70.2 Å². The minimum atomic E-state index is 0.0442. The summed E-state index contributed by atoms with van der Waals surface area (Å²) in [6.45, 7) is 11.6. The molecule has 0 saturated carbocycles. The van der Waals surface area contributed by atoms with Gasteiger partial charge in [0.2, 0.25) is 5.91 Å². The van der Waals surface area contributed by atoms with Crippen LogP contribution < -0.4 is 0 Å². The first-order chi connectivity index (χ1) is 17.2. The molecule has 1 aromatic heterocycles. The van der Waals surface area contributed by atoms with Crippen molar-refractivity contribution in [2.24, 2.45) is 11.3 Å². The van der Waals surface area contributed by atoms with Crippen LogP contribution in [0.2, 0.25) is 5.02 Å². The van der Waals surface area contributed by atoms with E-state index in [1.807, 2.05) is 24.4 Å². The summed E-state index contributed by atoms with van der Waals surface area (Å²) in [6.07, 6.45) is 6.82. The number of carbonyl (C=O) groups is 1. The van der Waals surface area contributed by atoms with Gasteiger partial charge < -0.3 is 9.80 Å². The van der Waals surface area contributed by atoms with Crippen LogP contribution in [-0.4, -0.2) is 71.4 Å². The van der Waals surface area contributed by atoms with E-state index in [1.54, 1.807) is 0 Å². The van der Waals surface area contributed by atoms with Crippen LogP contribution in [0.5, 0.6) is 0 Å². The molecule has 5 nitrogen and oxygen atoms in total. The smallest absolute Gasteiger partial charge is 0.223 e. The molecule has 36 heavy (non-hydrogen) atoms. The van der Waals surface area contributed by atoms with Gasteiger partial charge in [0.25, 0.3) is 0 Å². The second-order valence-electron chi connectivity index (χ2n) is 12.0. The molecule has 0 spiro atoms. The fourth-order valence-electron chi connectivity index (χ4n) is 5.89. The maximum absolute atomic E-state index is 13.7. The van der Waals surface area contributed by atoms with E-state index < -0.39 is 0 Å². The zero-order valence-electron chi connectivity index (χ0n) is 22.5. The number of nitrogens with zero attached hydrogens (tertiary/aromatic N) is 4. The van der Waals surface area contributed by atoms with Crippen molar-refractivity contribution in [3.05, 3.63) is 64.9 Å². The van der Waals surface area contributed by atoms with Gasteiger partial charge in [0.05, 0.1) is 11.7 Å². The summed E-state index contributed by atoms with van der Waals surface area (Å²) in [4.78, 5) is 25.6. The Balaban J connectivity index is 1.56. The first-order valence-electron chi connectivity index (χ1n) is 13.6. The number of pyridine rings is 1. The number of hydrogen-bond acceptors (Lipinski definition) is 4. The van der Waals surface area contributed by atoms with Gasteiger partial charge in [-0.2, -0.15) is 0 Å². The van der Waals surface area contributed by atoms with Crippen molar-refractivity contribution in [3.63, 3.8) is 0 Å². The molecule has 0 N–H and O–H groups in total. The molecule has 0 bridgehead atoms. The van der Waals surface area contributed by atoms with Crippen molar-refractivity contribution in [3.8, 4) is 0 Å². The molecule has 2 fully saturated rings. The van der Waals surface area contributed by atoms with Gasteiger partial charge in [-0.25, -0.2) is 0 Å². The van der Waals surface area contributed by atoms with Gasteiger partial charge >= 0.3 is 0 Å². The lowest BCUT2D eigenvalue weighted by Crippen LogP contribution is -2.44. The number of likely N-dealkylation sites (tertiary alicyclic amines) is 1. The van der Waals surface area contributed by atoms with E-state index in [-0.39, 0.29) is 17.5 Å². The molecule has 2 atom stereocenters.